The van der Waals surface area contributed by atoms with Crippen molar-refractivity contribution in [2.75, 3.05) is 19.4 Å². The average Bonchev–Trinajstić information content (AvgIpc) is 3.21. The summed E-state index contributed by atoms with van der Waals surface area (Å²) in [5.74, 6) is 0. The van der Waals surface area contributed by atoms with Crippen LogP contribution in [0.5, 0.6) is 0 Å². The highest BCUT2D eigenvalue weighted by molar-refractivity contribution is 7.90. The highest BCUT2D eigenvalue weighted by Crippen LogP contribution is 2.40. The maximum atomic E-state index is 13.0. The van der Waals surface area contributed by atoms with Gasteiger partial charge in [-0.3, -0.25) is 5.01 Å². The number of nitrogens with zero attached hydrogens (tertiary/aromatic N) is 2. The number of rotatable bonds is 5. The summed E-state index contributed by atoms with van der Waals surface area (Å²) in [7, 11) is -3.36. The summed E-state index contributed by atoms with van der Waals surface area (Å²) in [6.07, 6.45) is -3.67. The number of β-amino-alcohol motifs (C(OH)–C–C–N with tert-alkyl or cyclic N) is 1. The van der Waals surface area contributed by atoms with E-state index in [1.165, 1.54) is 22.4 Å². The maximum absolute atomic E-state index is 13.0. The first-order chi connectivity index (χ1) is 12.6. The van der Waals surface area contributed by atoms with Crippen molar-refractivity contribution < 1.29 is 26.7 Å². The Bertz CT molecular complexity index is 968. The Morgan fingerprint density at radius 1 is 1.30 bits per heavy atom. The van der Waals surface area contributed by atoms with Gasteiger partial charge in [-0.05, 0) is 29.8 Å². The average molecular weight is 418 g/mol. The number of hydrogen-bond acceptors (Lipinski definition) is 6. The smallest absolute Gasteiger partial charge is 0.394 e. The lowest BCUT2D eigenvalue weighted by Crippen LogP contribution is -2.22. The third-order valence-electron chi connectivity index (χ3n) is 4.15. The summed E-state index contributed by atoms with van der Waals surface area (Å²) in [5, 5.41) is 14.0. The van der Waals surface area contributed by atoms with Gasteiger partial charge in [0.2, 0.25) is 0 Å². The Labute approximate surface area is 158 Å². The van der Waals surface area contributed by atoms with Crippen molar-refractivity contribution >= 4 is 26.9 Å². The molecular weight excluding hydrogens is 401 g/mol. The van der Waals surface area contributed by atoms with Crippen LogP contribution in [0.2, 0.25) is 0 Å². The predicted octanol–water partition coefficient (Wildman–Crippen LogP) is 3.48. The molecule has 5 nitrogen and oxygen atoms in total. The topological polar surface area (TPSA) is 70.0 Å². The van der Waals surface area contributed by atoms with E-state index >= 15 is 0 Å². The summed E-state index contributed by atoms with van der Waals surface area (Å²) >= 11 is 1.29. The number of aliphatic hydroxyl groups excluding tert-OH is 1. The predicted molar refractivity (Wildman–Crippen MR) is 97.5 cm³/mol. The van der Waals surface area contributed by atoms with E-state index in [2.05, 4.69) is 5.10 Å². The Kier molecular flexibility index (Phi) is 5.33. The molecule has 0 aliphatic carbocycles. The van der Waals surface area contributed by atoms with Gasteiger partial charge in [-0.25, -0.2) is 8.42 Å². The number of hydrazone groups is 1. The van der Waals surface area contributed by atoms with Crippen molar-refractivity contribution in [1.82, 2.24) is 5.01 Å². The highest BCUT2D eigenvalue weighted by Gasteiger charge is 2.43. The molecule has 0 radical (unpaired) electrons. The molecule has 0 saturated carbocycles. The van der Waals surface area contributed by atoms with Gasteiger partial charge in [0, 0.05) is 22.4 Å². The number of aliphatic hydroxyl groups is 1. The molecule has 1 atom stereocenters. The molecule has 0 amide bonds. The molecule has 1 aromatic carbocycles. The summed E-state index contributed by atoms with van der Waals surface area (Å²) in [6.45, 7) is -0.305. The molecule has 27 heavy (non-hydrogen) atoms. The molecule has 0 unspecified atom stereocenters. The van der Waals surface area contributed by atoms with Crippen molar-refractivity contribution in [2.24, 2.45) is 5.10 Å². The minimum atomic E-state index is -4.51. The quantitative estimate of drug-likeness (QED) is 0.807. The van der Waals surface area contributed by atoms with Gasteiger partial charge in [0.05, 0.1) is 24.1 Å². The van der Waals surface area contributed by atoms with E-state index in [0.717, 1.165) is 11.1 Å². The van der Waals surface area contributed by atoms with Gasteiger partial charge in [0.15, 0.2) is 9.84 Å². The summed E-state index contributed by atoms with van der Waals surface area (Å²) < 4.78 is 62.5. The van der Waals surface area contributed by atoms with Crippen molar-refractivity contribution in [1.29, 1.82) is 0 Å². The Morgan fingerprint density at radius 3 is 2.67 bits per heavy atom. The number of alkyl halides is 3. The van der Waals surface area contributed by atoms with Crippen LogP contribution in [0.25, 0.3) is 10.4 Å². The Hall–Kier alpha value is -1.91. The molecule has 0 spiro atoms. The number of thiophene rings is 1. The van der Waals surface area contributed by atoms with Crippen LogP contribution >= 0.6 is 11.3 Å². The molecule has 0 bridgehead atoms. The van der Waals surface area contributed by atoms with E-state index in [9.17, 15) is 21.6 Å². The van der Waals surface area contributed by atoms with Gasteiger partial charge in [0.25, 0.3) is 0 Å². The van der Waals surface area contributed by atoms with Gasteiger partial charge >= 0.3 is 6.18 Å². The molecule has 3 rings (SSSR count). The summed E-state index contributed by atoms with van der Waals surface area (Å²) in [5.41, 5.74) is -0.187. The Morgan fingerprint density at radius 2 is 2.04 bits per heavy atom. The van der Waals surface area contributed by atoms with Gasteiger partial charge in [-0.1, -0.05) is 12.1 Å². The van der Waals surface area contributed by atoms with Crippen molar-refractivity contribution in [3.05, 3.63) is 41.3 Å². The van der Waals surface area contributed by atoms with Crippen molar-refractivity contribution in [3.8, 4) is 10.4 Å². The van der Waals surface area contributed by atoms with E-state index in [1.54, 1.807) is 30.3 Å². The number of benzene rings is 1. The fraction of sp³-hybridized carbons (Fsp3) is 0.353. The lowest BCUT2D eigenvalue weighted by atomic mass is 10.1. The lowest BCUT2D eigenvalue weighted by Gasteiger charge is -2.21. The third-order valence-corrected chi connectivity index (χ3v) is 6.50. The standard InChI is InChI=1S/C17H17F3N2O3S2/c1-27(24,25)12-4-2-3-11(9-12)14-5-6-15(26-14)13-10-16(17(18,19)20)21-22(13)7-8-23/h2-6,9,13,23H,7-8,10H2,1H3/t13-/m1/s1. The zero-order valence-electron chi connectivity index (χ0n) is 14.3. The second-order valence-corrected chi connectivity index (χ2v) is 9.28. The minimum Gasteiger partial charge on any atom is -0.394 e. The number of halogens is 3. The van der Waals surface area contributed by atoms with Crippen LogP contribution in [0, 0.1) is 0 Å². The first-order valence-corrected chi connectivity index (χ1v) is 10.7. The molecule has 1 N–H and O–H groups in total. The second-order valence-electron chi connectivity index (χ2n) is 6.15. The normalized spacial score (nSPS) is 18.0. The molecule has 10 heteroatoms. The first kappa shape index (κ1) is 19.8. The second kappa shape index (κ2) is 7.25. The van der Waals surface area contributed by atoms with Crippen LogP contribution in [0.15, 0.2) is 46.4 Å². The first-order valence-electron chi connectivity index (χ1n) is 8.02. The number of sulfone groups is 1. The van der Waals surface area contributed by atoms with E-state index in [4.69, 9.17) is 5.11 Å². The van der Waals surface area contributed by atoms with Crippen LogP contribution in [0.3, 0.4) is 0 Å². The van der Waals surface area contributed by atoms with E-state index < -0.39 is 27.8 Å². The van der Waals surface area contributed by atoms with E-state index in [1.807, 2.05) is 0 Å². The molecule has 0 saturated heterocycles. The van der Waals surface area contributed by atoms with E-state index in [0.29, 0.717) is 10.4 Å². The SMILES string of the molecule is CS(=O)(=O)c1cccc(-c2ccc([C@H]3CC(C(F)(F)F)=NN3CCO)s2)c1. The monoisotopic (exact) mass is 418 g/mol. The molecule has 146 valence electrons. The fourth-order valence-corrected chi connectivity index (χ4v) is 4.63. The van der Waals surface area contributed by atoms with Crippen molar-refractivity contribution in [2.45, 2.75) is 23.5 Å². The third kappa shape index (κ3) is 4.33. The lowest BCUT2D eigenvalue weighted by molar-refractivity contribution is -0.0601. The largest absolute Gasteiger partial charge is 0.431 e. The Balaban J connectivity index is 1.90. The van der Waals surface area contributed by atoms with Crippen LogP contribution in [-0.4, -0.2) is 49.8 Å². The van der Waals surface area contributed by atoms with Crippen LogP contribution < -0.4 is 0 Å². The fourth-order valence-electron chi connectivity index (χ4n) is 2.85. The summed E-state index contributed by atoms with van der Waals surface area (Å²) in [6, 6.07) is 9.29. The molecule has 0 fully saturated rings. The molecule has 2 aromatic rings. The highest BCUT2D eigenvalue weighted by atomic mass is 32.2. The molecule has 1 aromatic heterocycles. The van der Waals surface area contributed by atoms with Crippen LogP contribution in [0.1, 0.15) is 17.3 Å². The maximum Gasteiger partial charge on any atom is 0.431 e. The van der Waals surface area contributed by atoms with Crippen LogP contribution in [-0.2, 0) is 9.84 Å². The molecule has 1 aliphatic rings. The minimum absolute atomic E-state index is 0.00104. The number of hydrogen-bond donors (Lipinski definition) is 1. The van der Waals surface area contributed by atoms with Gasteiger partial charge < -0.3 is 5.11 Å². The van der Waals surface area contributed by atoms with Gasteiger partial charge in [-0.2, -0.15) is 18.3 Å². The summed E-state index contributed by atoms with van der Waals surface area (Å²) in [4.78, 5) is 1.60. The van der Waals surface area contributed by atoms with Gasteiger partial charge in [0.1, 0.15) is 5.71 Å². The molecule has 1 aliphatic heterocycles. The van der Waals surface area contributed by atoms with Gasteiger partial charge in [-0.15, -0.1) is 11.3 Å². The van der Waals surface area contributed by atoms with Crippen LogP contribution in [0.4, 0.5) is 13.2 Å². The van der Waals surface area contributed by atoms with Crippen molar-refractivity contribution in [3.63, 3.8) is 0 Å². The van der Waals surface area contributed by atoms with E-state index in [-0.39, 0.29) is 24.5 Å². The molecular formula is C17H17F3N2O3S2. The zero-order valence-corrected chi connectivity index (χ0v) is 15.9. The molecule has 2 heterocycles. The zero-order chi connectivity index (χ0) is 19.8.